The van der Waals surface area contributed by atoms with E-state index in [0.29, 0.717) is 13.2 Å². The number of anilines is 1. The fourth-order valence-corrected chi connectivity index (χ4v) is 2.55. The molecule has 5 nitrogen and oxygen atoms in total. The van der Waals surface area contributed by atoms with Crippen molar-refractivity contribution in [3.05, 3.63) is 17.7 Å². The Balaban J connectivity index is 1.56. The van der Waals surface area contributed by atoms with Crippen LogP contribution in [0.5, 0.6) is 11.5 Å². The predicted molar refractivity (Wildman–Crippen MR) is 77.9 cm³/mol. The van der Waals surface area contributed by atoms with E-state index in [1.807, 2.05) is 12.1 Å². The Morgan fingerprint density at radius 3 is 2.50 bits per heavy atom. The summed E-state index contributed by atoms with van der Waals surface area (Å²) in [5, 5.41) is 3.49. The lowest BCUT2D eigenvalue weighted by Gasteiger charge is -2.27. The van der Waals surface area contributed by atoms with E-state index in [9.17, 15) is 0 Å². The minimum Gasteiger partial charge on any atom is -0.486 e. The van der Waals surface area contributed by atoms with Crippen molar-refractivity contribution >= 4 is 5.69 Å². The van der Waals surface area contributed by atoms with Gasteiger partial charge in [0.25, 0.3) is 0 Å². The molecule has 1 fully saturated rings. The second-order valence-corrected chi connectivity index (χ2v) is 5.19. The lowest BCUT2D eigenvalue weighted by atomic mass is 10.1. The third kappa shape index (κ3) is 3.16. The van der Waals surface area contributed by atoms with Gasteiger partial charge in [-0.25, -0.2) is 0 Å². The summed E-state index contributed by atoms with van der Waals surface area (Å²) in [7, 11) is 0. The van der Waals surface area contributed by atoms with E-state index in [1.165, 1.54) is 5.56 Å². The molecule has 3 rings (SSSR count). The molecule has 1 saturated heterocycles. The van der Waals surface area contributed by atoms with E-state index in [2.05, 4.69) is 17.1 Å². The fourth-order valence-electron chi connectivity index (χ4n) is 2.55. The average molecular weight is 278 g/mol. The minimum atomic E-state index is 0.628. The monoisotopic (exact) mass is 278 g/mol. The first-order valence-electron chi connectivity index (χ1n) is 7.27. The fraction of sp³-hybridized carbons (Fsp3) is 0.600. The van der Waals surface area contributed by atoms with Crippen molar-refractivity contribution in [1.82, 2.24) is 4.90 Å². The Bertz CT molecular complexity index is 459. The van der Waals surface area contributed by atoms with Gasteiger partial charge in [-0.2, -0.15) is 0 Å². The van der Waals surface area contributed by atoms with Gasteiger partial charge in [-0.3, -0.25) is 4.90 Å². The van der Waals surface area contributed by atoms with Gasteiger partial charge in [-0.15, -0.1) is 0 Å². The standard InChI is InChI=1S/C15H22N2O3/c1-12-10-14-15(20-9-8-19-14)11-13(12)16-2-3-17-4-6-18-7-5-17/h10-11,16H,2-9H2,1H3. The number of benzene rings is 1. The molecule has 5 heteroatoms. The topological polar surface area (TPSA) is 43.0 Å². The molecule has 20 heavy (non-hydrogen) atoms. The maximum absolute atomic E-state index is 5.62. The van der Waals surface area contributed by atoms with Crippen LogP contribution in [0.15, 0.2) is 12.1 Å². The molecule has 0 aliphatic carbocycles. The predicted octanol–water partition coefficient (Wildman–Crippen LogP) is 1.51. The molecule has 1 aromatic rings. The van der Waals surface area contributed by atoms with Crippen LogP contribution >= 0.6 is 0 Å². The summed E-state index contributed by atoms with van der Waals surface area (Å²) in [4.78, 5) is 2.42. The first kappa shape index (κ1) is 13.5. The largest absolute Gasteiger partial charge is 0.486 e. The normalized spacial score (nSPS) is 18.9. The van der Waals surface area contributed by atoms with Gasteiger partial charge in [0.2, 0.25) is 0 Å². The van der Waals surface area contributed by atoms with E-state index >= 15 is 0 Å². The lowest BCUT2D eigenvalue weighted by molar-refractivity contribution is 0.0398. The van der Waals surface area contributed by atoms with Crippen LogP contribution in [0, 0.1) is 6.92 Å². The third-order valence-corrected chi connectivity index (χ3v) is 3.74. The van der Waals surface area contributed by atoms with Gasteiger partial charge >= 0.3 is 0 Å². The summed E-state index contributed by atoms with van der Waals surface area (Å²) in [6.45, 7) is 9.09. The summed E-state index contributed by atoms with van der Waals surface area (Å²) >= 11 is 0. The number of morpholine rings is 1. The van der Waals surface area contributed by atoms with Crippen LogP contribution in [0.1, 0.15) is 5.56 Å². The Morgan fingerprint density at radius 1 is 1.05 bits per heavy atom. The van der Waals surface area contributed by atoms with Gasteiger partial charge in [0.05, 0.1) is 13.2 Å². The Morgan fingerprint density at radius 2 is 1.75 bits per heavy atom. The molecule has 0 unspecified atom stereocenters. The number of fused-ring (bicyclic) bond motifs is 1. The van der Waals surface area contributed by atoms with Crippen LogP contribution in [-0.4, -0.2) is 57.5 Å². The van der Waals surface area contributed by atoms with Crippen molar-refractivity contribution in [3.8, 4) is 11.5 Å². The first-order valence-corrected chi connectivity index (χ1v) is 7.27. The number of rotatable bonds is 4. The van der Waals surface area contributed by atoms with E-state index in [1.54, 1.807) is 0 Å². The van der Waals surface area contributed by atoms with Gasteiger partial charge in [0.15, 0.2) is 11.5 Å². The summed E-state index contributed by atoms with van der Waals surface area (Å²) in [6, 6.07) is 4.09. The second kappa shape index (κ2) is 6.33. The molecule has 2 heterocycles. The molecular formula is C15H22N2O3. The zero-order chi connectivity index (χ0) is 13.8. The van der Waals surface area contributed by atoms with Crippen molar-refractivity contribution in [2.24, 2.45) is 0 Å². The number of hydrogen-bond acceptors (Lipinski definition) is 5. The molecule has 0 atom stereocenters. The summed E-state index contributed by atoms with van der Waals surface area (Å²) in [5.74, 6) is 1.70. The van der Waals surface area contributed by atoms with Gasteiger partial charge in [0.1, 0.15) is 13.2 Å². The Labute approximate surface area is 119 Å². The summed E-state index contributed by atoms with van der Waals surface area (Å²) < 4.78 is 16.6. The van der Waals surface area contributed by atoms with E-state index in [-0.39, 0.29) is 0 Å². The van der Waals surface area contributed by atoms with Crippen molar-refractivity contribution in [3.63, 3.8) is 0 Å². The third-order valence-electron chi connectivity index (χ3n) is 3.74. The van der Waals surface area contributed by atoms with E-state index in [4.69, 9.17) is 14.2 Å². The van der Waals surface area contributed by atoms with Crippen molar-refractivity contribution in [2.45, 2.75) is 6.92 Å². The SMILES string of the molecule is Cc1cc2c(cc1NCCN1CCOCC1)OCCO2. The van der Waals surface area contributed by atoms with Crippen LogP contribution < -0.4 is 14.8 Å². The zero-order valence-corrected chi connectivity index (χ0v) is 12.0. The number of nitrogens with one attached hydrogen (secondary N) is 1. The van der Waals surface area contributed by atoms with Crippen LogP contribution in [0.2, 0.25) is 0 Å². The molecule has 0 bridgehead atoms. The minimum absolute atomic E-state index is 0.628. The Kier molecular flexibility index (Phi) is 4.28. The molecule has 110 valence electrons. The summed E-state index contributed by atoms with van der Waals surface area (Å²) in [5.41, 5.74) is 2.32. The maximum atomic E-state index is 5.62. The highest BCUT2D eigenvalue weighted by atomic mass is 16.6. The maximum Gasteiger partial charge on any atom is 0.163 e. The molecule has 0 saturated carbocycles. The zero-order valence-electron chi connectivity index (χ0n) is 12.0. The highest BCUT2D eigenvalue weighted by molar-refractivity contribution is 5.60. The molecule has 0 amide bonds. The number of aryl methyl sites for hydroxylation is 1. The molecule has 1 aromatic carbocycles. The van der Waals surface area contributed by atoms with Crippen LogP contribution in [0.25, 0.3) is 0 Å². The molecule has 0 radical (unpaired) electrons. The van der Waals surface area contributed by atoms with Crippen molar-refractivity contribution < 1.29 is 14.2 Å². The van der Waals surface area contributed by atoms with Crippen LogP contribution in [0.3, 0.4) is 0 Å². The van der Waals surface area contributed by atoms with Gasteiger partial charge in [-0.05, 0) is 18.6 Å². The van der Waals surface area contributed by atoms with Gasteiger partial charge in [-0.1, -0.05) is 0 Å². The smallest absolute Gasteiger partial charge is 0.163 e. The second-order valence-electron chi connectivity index (χ2n) is 5.19. The quantitative estimate of drug-likeness (QED) is 0.904. The van der Waals surface area contributed by atoms with Gasteiger partial charge in [0, 0.05) is 37.9 Å². The Hall–Kier alpha value is -1.46. The van der Waals surface area contributed by atoms with E-state index < -0.39 is 0 Å². The molecule has 1 N–H and O–H groups in total. The molecule has 2 aliphatic heterocycles. The van der Waals surface area contributed by atoms with Gasteiger partial charge < -0.3 is 19.5 Å². The van der Waals surface area contributed by atoms with Crippen molar-refractivity contribution in [1.29, 1.82) is 0 Å². The van der Waals surface area contributed by atoms with Crippen molar-refractivity contribution in [2.75, 3.05) is 57.9 Å². The average Bonchev–Trinajstić information content (AvgIpc) is 2.49. The highest BCUT2D eigenvalue weighted by Crippen LogP contribution is 2.35. The number of hydrogen-bond donors (Lipinski definition) is 1. The highest BCUT2D eigenvalue weighted by Gasteiger charge is 2.14. The lowest BCUT2D eigenvalue weighted by Crippen LogP contribution is -2.39. The van der Waals surface area contributed by atoms with E-state index in [0.717, 1.165) is 56.6 Å². The molecule has 0 spiro atoms. The molecular weight excluding hydrogens is 256 g/mol. The van der Waals surface area contributed by atoms with Crippen LogP contribution in [-0.2, 0) is 4.74 Å². The molecule has 0 aromatic heterocycles. The van der Waals surface area contributed by atoms with Crippen LogP contribution in [0.4, 0.5) is 5.69 Å². The first-order chi connectivity index (χ1) is 9.83. The number of ether oxygens (including phenoxy) is 3. The summed E-state index contributed by atoms with van der Waals surface area (Å²) in [6.07, 6.45) is 0. The molecule has 2 aliphatic rings. The number of nitrogens with zero attached hydrogens (tertiary/aromatic N) is 1.